The van der Waals surface area contributed by atoms with E-state index in [9.17, 15) is 4.79 Å². The first kappa shape index (κ1) is 10.5. The van der Waals surface area contributed by atoms with Crippen molar-refractivity contribution in [3.05, 3.63) is 28.2 Å². The molecule has 1 saturated carbocycles. The Labute approximate surface area is 97.4 Å². The second-order valence-electron chi connectivity index (χ2n) is 3.86. The molecule has 1 amide bonds. The Balaban J connectivity index is 2.28. The van der Waals surface area contributed by atoms with Crippen molar-refractivity contribution >= 4 is 27.5 Å². The summed E-state index contributed by atoms with van der Waals surface area (Å²) in [7, 11) is 1.84. The number of halogens is 1. The maximum Gasteiger partial charge on any atom is 0.255 e. The average Bonchev–Trinajstić information content (AvgIpc) is 3.03. The standard InChI is InChI=1S/C11H13BrN2O/c1-14(7-5-6-7)11(15)8-3-2-4-9(13)10(8)12/h2-4,7H,5-6,13H2,1H3. The Kier molecular flexibility index (Phi) is 2.69. The monoisotopic (exact) mass is 268 g/mol. The van der Waals surface area contributed by atoms with Crippen LogP contribution in [0.5, 0.6) is 0 Å². The van der Waals surface area contributed by atoms with E-state index in [1.807, 2.05) is 7.05 Å². The summed E-state index contributed by atoms with van der Waals surface area (Å²) in [5, 5.41) is 0. The number of hydrogen-bond donors (Lipinski definition) is 1. The van der Waals surface area contributed by atoms with Crippen LogP contribution in [-0.2, 0) is 0 Å². The van der Waals surface area contributed by atoms with Crippen LogP contribution < -0.4 is 5.73 Å². The van der Waals surface area contributed by atoms with E-state index < -0.39 is 0 Å². The second-order valence-corrected chi connectivity index (χ2v) is 4.65. The first-order valence-corrected chi connectivity index (χ1v) is 5.71. The molecule has 0 spiro atoms. The van der Waals surface area contributed by atoms with Gasteiger partial charge in [-0.2, -0.15) is 0 Å². The minimum absolute atomic E-state index is 0.0386. The summed E-state index contributed by atoms with van der Waals surface area (Å²) in [6, 6.07) is 5.79. The fourth-order valence-corrected chi connectivity index (χ4v) is 1.97. The highest BCUT2D eigenvalue weighted by molar-refractivity contribution is 9.10. The normalized spacial score (nSPS) is 15.1. The van der Waals surface area contributed by atoms with E-state index in [4.69, 9.17) is 5.73 Å². The summed E-state index contributed by atoms with van der Waals surface area (Å²) in [4.78, 5) is 13.8. The molecule has 1 aromatic rings. The highest BCUT2D eigenvalue weighted by atomic mass is 79.9. The minimum atomic E-state index is 0.0386. The number of benzene rings is 1. The maximum atomic E-state index is 12.0. The number of carbonyl (C=O) groups excluding carboxylic acids is 1. The molecule has 1 fully saturated rings. The number of nitrogens with zero attached hydrogens (tertiary/aromatic N) is 1. The molecule has 2 rings (SSSR count). The summed E-state index contributed by atoms with van der Waals surface area (Å²) in [5.41, 5.74) is 6.98. The summed E-state index contributed by atoms with van der Waals surface area (Å²) in [6.45, 7) is 0. The molecular weight excluding hydrogens is 256 g/mol. The van der Waals surface area contributed by atoms with Gasteiger partial charge in [-0.3, -0.25) is 4.79 Å². The quantitative estimate of drug-likeness (QED) is 0.837. The Hall–Kier alpha value is -1.03. The van der Waals surface area contributed by atoms with Crippen LogP contribution in [0.25, 0.3) is 0 Å². The predicted molar refractivity (Wildman–Crippen MR) is 63.7 cm³/mol. The summed E-state index contributed by atoms with van der Waals surface area (Å²) in [6.07, 6.45) is 2.23. The van der Waals surface area contributed by atoms with Crippen LogP contribution >= 0.6 is 15.9 Å². The molecule has 1 aliphatic rings. The Bertz CT molecular complexity index is 402. The van der Waals surface area contributed by atoms with Crippen molar-refractivity contribution in [2.75, 3.05) is 12.8 Å². The largest absolute Gasteiger partial charge is 0.398 e. The molecule has 4 heteroatoms. The number of rotatable bonds is 2. The minimum Gasteiger partial charge on any atom is -0.398 e. The highest BCUT2D eigenvalue weighted by Crippen LogP contribution is 2.30. The number of amides is 1. The van der Waals surface area contributed by atoms with E-state index in [1.165, 1.54) is 0 Å². The number of nitrogens with two attached hydrogens (primary N) is 1. The number of anilines is 1. The molecule has 15 heavy (non-hydrogen) atoms. The molecule has 80 valence electrons. The van der Waals surface area contributed by atoms with E-state index in [0.29, 0.717) is 21.8 Å². The summed E-state index contributed by atoms with van der Waals surface area (Å²) >= 11 is 3.35. The number of carbonyl (C=O) groups is 1. The zero-order chi connectivity index (χ0) is 11.0. The molecule has 3 nitrogen and oxygen atoms in total. The third-order valence-corrected chi connectivity index (χ3v) is 3.56. The van der Waals surface area contributed by atoms with E-state index in [1.54, 1.807) is 23.1 Å². The van der Waals surface area contributed by atoms with Gasteiger partial charge in [0.15, 0.2) is 0 Å². The van der Waals surface area contributed by atoms with E-state index >= 15 is 0 Å². The van der Waals surface area contributed by atoms with Crippen molar-refractivity contribution in [1.82, 2.24) is 4.90 Å². The summed E-state index contributed by atoms with van der Waals surface area (Å²) < 4.78 is 0.697. The van der Waals surface area contributed by atoms with Crippen molar-refractivity contribution < 1.29 is 4.79 Å². The Morgan fingerprint density at radius 3 is 2.80 bits per heavy atom. The van der Waals surface area contributed by atoms with Crippen LogP contribution in [0, 0.1) is 0 Å². The molecular formula is C11H13BrN2O. The lowest BCUT2D eigenvalue weighted by molar-refractivity contribution is 0.0784. The number of hydrogen-bond acceptors (Lipinski definition) is 2. The van der Waals surface area contributed by atoms with Crippen LogP contribution in [0.1, 0.15) is 23.2 Å². The van der Waals surface area contributed by atoms with Crippen molar-refractivity contribution in [3.8, 4) is 0 Å². The van der Waals surface area contributed by atoms with Gasteiger partial charge < -0.3 is 10.6 Å². The van der Waals surface area contributed by atoms with Crippen LogP contribution in [-0.4, -0.2) is 23.9 Å². The summed E-state index contributed by atoms with van der Waals surface area (Å²) in [5.74, 6) is 0.0386. The van der Waals surface area contributed by atoms with Crippen LogP contribution in [0.15, 0.2) is 22.7 Å². The molecule has 1 aliphatic carbocycles. The van der Waals surface area contributed by atoms with Crippen molar-refractivity contribution in [2.45, 2.75) is 18.9 Å². The topological polar surface area (TPSA) is 46.3 Å². The molecule has 0 unspecified atom stereocenters. The van der Waals surface area contributed by atoms with Gasteiger partial charge in [-0.05, 0) is 40.9 Å². The lowest BCUT2D eigenvalue weighted by atomic mass is 10.2. The molecule has 1 aromatic carbocycles. The van der Waals surface area contributed by atoms with E-state index in [2.05, 4.69) is 15.9 Å². The molecule has 0 radical (unpaired) electrons. The maximum absolute atomic E-state index is 12.0. The molecule has 0 bridgehead atoms. The van der Waals surface area contributed by atoms with Gasteiger partial charge >= 0.3 is 0 Å². The third kappa shape index (κ3) is 2.00. The average molecular weight is 269 g/mol. The molecule has 2 N–H and O–H groups in total. The lowest BCUT2D eigenvalue weighted by Gasteiger charge is -2.17. The van der Waals surface area contributed by atoms with Crippen LogP contribution in [0.4, 0.5) is 5.69 Å². The molecule has 0 aromatic heterocycles. The van der Waals surface area contributed by atoms with Crippen LogP contribution in [0.2, 0.25) is 0 Å². The van der Waals surface area contributed by atoms with Gasteiger partial charge in [0.2, 0.25) is 0 Å². The van der Waals surface area contributed by atoms with Gasteiger partial charge in [-0.15, -0.1) is 0 Å². The first-order valence-electron chi connectivity index (χ1n) is 4.92. The van der Waals surface area contributed by atoms with E-state index in [0.717, 1.165) is 12.8 Å². The Morgan fingerprint density at radius 2 is 2.20 bits per heavy atom. The van der Waals surface area contributed by atoms with Gasteiger partial charge in [-0.25, -0.2) is 0 Å². The molecule has 0 saturated heterocycles. The zero-order valence-electron chi connectivity index (χ0n) is 8.53. The fourth-order valence-electron chi connectivity index (χ4n) is 1.53. The van der Waals surface area contributed by atoms with E-state index in [-0.39, 0.29) is 5.91 Å². The van der Waals surface area contributed by atoms with Crippen molar-refractivity contribution in [3.63, 3.8) is 0 Å². The van der Waals surface area contributed by atoms with Gasteiger partial charge in [0.25, 0.3) is 5.91 Å². The smallest absolute Gasteiger partial charge is 0.255 e. The van der Waals surface area contributed by atoms with Gasteiger partial charge in [-0.1, -0.05) is 6.07 Å². The van der Waals surface area contributed by atoms with Gasteiger partial charge in [0.05, 0.1) is 10.0 Å². The highest BCUT2D eigenvalue weighted by Gasteiger charge is 2.30. The fraction of sp³-hybridized carbons (Fsp3) is 0.364. The zero-order valence-corrected chi connectivity index (χ0v) is 10.1. The molecule has 0 atom stereocenters. The molecule has 0 aliphatic heterocycles. The lowest BCUT2D eigenvalue weighted by Crippen LogP contribution is -2.29. The predicted octanol–water partition coefficient (Wildman–Crippen LogP) is 2.27. The van der Waals surface area contributed by atoms with Crippen molar-refractivity contribution in [1.29, 1.82) is 0 Å². The van der Waals surface area contributed by atoms with Crippen LogP contribution in [0.3, 0.4) is 0 Å². The molecule has 0 heterocycles. The number of nitrogen functional groups attached to an aromatic ring is 1. The first-order chi connectivity index (χ1) is 7.11. The Morgan fingerprint density at radius 1 is 1.53 bits per heavy atom. The SMILES string of the molecule is CN(C(=O)c1cccc(N)c1Br)C1CC1. The van der Waals surface area contributed by atoms with Crippen molar-refractivity contribution in [2.24, 2.45) is 0 Å². The third-order valence-electron chi connectivity index (χ3n) is 2.67. The van der Waals surface area contributed by atoms with Gasteiger partial charge in [0.1, 0.15) is 0 Å². The second kappa shape index (κ2) is 3.85. The van der Waals surface area contributed by atoms with Gasteiger partial charge in [0, 0.05) is 18.8 Å².